The number of aliphatic hydroxyl groups is 1. The van der Waals surface area contributed by atoms with E-state index in [2.05, 4.69) is 0 Å². The van der Waals surface area contributed by atoms with E-state index in [1.165, 1.54) is 30.7 Å². The van der Waals surface area contributed by atoms with Gasteiger partial charge in [0, 0.05) is 42.2 Å². The van der Waals surface area contributed by atoms with E-state index in [9.17, 15) is 35.1 Å². The van der Waals surface area contributed by atoms with Crippen molar-refractivity contribution in [2.45, 2.75) is 12.3 Å². The molecule has 5 N–H and O–H groups in total. The number of aromatic hydroxyl groups is 4. The quantitative estimate of drug-likeness (QED) is 0.202. The largest absolute Gasteiger partial charge is 0.508 e. The van der Waals surface area contributed by atoms with Crippen molar-refractivity contribution >= 4 is 21.9 Å². The number of fused-ring (bicyclic) bond motifs is 2. The Morgan fingerprint density at radius 2 is 1.35 bits per heavy atom. The summed E-state index contributed by atoms with van der Waals surface area (Å²) in [5, 5.41) is 49.9. The van der Waals surface area contributed by atoms with E-state index >= 15 is 0 Å². The summed E-state index contributed by atoms with van der Waals surface area (Å²) >= 11 is 0. The Morgan fingerprint density at radius 3 is 2.00 bits per heavy atom. The fourth-order valence-electron chi connectivity index (χ4n) is 4.73. The van der Waals surface area contributed by atoms with Gasteiger partial charge in [-0.25, -0.2) is 0 Å². The molecule has 0 amide bonds. The van der Waals surface area contributed by atoms with Crippen LogP contribution >= 0.6 is 0 Å². The highest BCUT2D eigenvalue weighted by Gasteiger charge is 2.24. The lowest BCUT2D eigenvalue weighted by molar-refractivity contribution is 0.325. The van der Waals surface area contributed by atoms with Crippen molar-refractivity contribution in [3.8, 4) is 39.9 Å². The number of aliphatic hydroxyl groups excluding tert-OH is 1. The molecule has 10 heteroatoms. The van der Waals surface area contributed by atoms with E-state index in [1.807, 2.05) is 0 Å². The second-order valence-corrected chi connectivity index (χ2v) is 9.28. The lowest BCUT2D eigenvalue weighted by atomic mass is 9.91. The molecular formula is C30H20O10. The van der Waals surface area contributed by atoms with E-state index in [4.69, 9.17) is 13.6 Å². The lowest BCUT2D eigenvalue weighted by Crippen LogP contribution is -2.16. The van der Waals surface area contributed by atoms with E-state index in [0.717, 1.165) is 12.1 Å². The normalized spacial score (nSPS) is 15.2. The van der Waals surface area contributed by atoms with Gasteiger partial charge in [-0.3, -0.25) is 9.59 Å². The zero-order valence-corrected chi connectivity index (χ0v) is 20.5. The zero-order valence-electron chi connectivity index (χ0n) is 20.5. The van der Waals surface area contributed by atoms with Crippen LogP contribution in [0.3, 0.4) is 0 Å². The maximum atomic E-state index is 13.1. The molecule has 40 heavy (non-hydrogen) atoms. The SMILES string of the molecule is O=c1c(-c2ccc(OC3=C(O)C=CC(c4coc5cc(O)cc(O)c5c4=O)C3)cc2)coc2cc(O)cc(O)c12. The molecule has 0 bridgehead atoms. The van der Waals surface area contributed by atoms with Crippen LogP contribution in [0.5, 0.6) is 28.7 Å². The Labute approximate surface area is 224 Å². The first kappa shape index (κ1) is 24.7. The number of benzene rings is 3. The molecular weight excluding hydrogens is 520 g/mol. The van der Waals surface area contributed by atoms with Gasteiger partial charge in [-0.1, -0.05) is 18.2 Å². The third kappa shape index (κ3) is 4.17. The molecule has 5 aromatic rings. The predicted molar refractivity (Wildman–Crippen MR) is 144 cm³/mol. The van der Waals surface area contributed by atoms with Gasteiger partial charge in [-0.15, -0.1) is 0 Å². The van der Waals surface area contributed by atoms with Gasteiger partial charge in [0.15, 0.2) is 11.2 Å². The molecule has 0 aliphatic heterocycles. The van der Waals surface area contributed by atoms with Gasteiger partial charge in [0.25, 0.3) is 0 Å². The second-order valence-electron chi connectivity index (χ2n) is 9.28. The molecule has 1 atom stereocenters. The molecule has 2 aromatic heterocycles. The first-order chi connectivity index (χ1) is 19.2. The van der Waals surface area contributed by atoms with Gasteiger partial charge in [-0.2, -0.15) is 0 Å². The van der Waals surface area contributed by atoms with Crippen LogP contribution in [0.2, 0.25) is 0 Å². The molecule has 1 unspecified atom stereocenters. The van der Waals surface area contributed by atoms with Gasteiger partial charge in [0.05, 0.1) is 11.8 Å². The topological polar surface area (TPSA) is 171 Å². The van der Waals surface area contributed by atoms with Gasteiger partial charge < -0.3 is 39.1 Å². The first-order valence-corrected chi connectivity index (χ1v) is 12.0. The lowest BCUT2D eigenvalue weighted by Gasteiger charge is -2.20. The van der Waals surface area contributed by atoms with Crippen LogP contribution in [0.4, 0.5) is 0 Å². The van der Waals surface area contributed by atoms with E-state index < -0.39 is 28.3 Å². The molecule has 1 aliphatic carbocycles. The number of allylic oxidation sites excluding steroid dienone is 3. The van der Waals surface area contributed by atoms with Crippen LogP contribution in [0.25, 0.3) is 33.1 Å². The van der Waals surface area contributed by atoms with Crippen molar-refractivity contribution in [1.29, 1.82) is 0 Å². The summed E-state index contributed by atoms with van der Waals surface area (Å²) in [6, 6.07) is 11.0. The number of rotatable bonds is 4. The Morgan fingerprint density at radius 1 is 0.750 bits per heavy atom. The molecule has 10 nitrogen and oxygen atoms in total. The summed E-state index contributed by atoms with van der Waals surface area (Å²) in [6.07, 6.45) is 5.62. The summed E-state index contributed by atoms with van der Waals surface area (Å²) in [7, 11) is 0. The van der Waals surface area contributed by atoms with E-state index in [-0.39, 0.29) is 62.5 Å². The highest BCUT2D eigenvalue weighted by atomic mass is 16.5. The first-order valence-electron chi connectivity index (χ1n) is 12.0. The molecule has 0 spiro atoms. The van der Waals surface area contributed by atoms with Crippen LogP contribution in [0, 0.1) is 0 Å². The smallest absolute Gasteiger partial charge is 0.204 e. The van der Waals surface area contributed by atoms with Crippen LogP contribution in [0.1, 0.15) is 17.9 Å². The summed E-state index contributed by atoms with van der Waals surface area (Å²) < 4.78 is 16.8. The van der Waals surface area contributed by atoms with Gasteiger partial charge in [0.1, 0.15) is 62.7 Å². The van der Waals surface area contributed by atoms with Crippen molar-refractivity contribution in [3.63, 3.8) is 0 Å². The molecule has 200 valence electrons. The average molecular weight is 540 g/mol. The molecule has 6 rings (SSSR count). The van der Waals surface area contributed by atoms with Crippen molar-refractivity contribution in [1.82, 2.24) is 0 Å². The number of hydrogen-bond donors (Lipinski definition) is 5. The summed E-state index contributed by atoms with van der Waals surface area (Å²) in [5.74, 6) is -1.43. The average Bonchev–Trinajstić information content (AvgIpc) is 2.90. The monoisotopic (exact) mass is 540 g/mol. The standard InChI is InChI=1S/C30H20O10/c31-16-8-22(34)27-25(10-16)38-12-19(29(27)36)14-1-4-18(5-2-14)40-24-7-15(3-6-21(24)33)20-13-39-26-11-17(32)9-23(35)28(26)30(20)37/h1-6,8-13,15,31-35H,7H2. The molecule has 2 heterocycles. The van der Waals surface area contributed by atoms with Gasteiger partial charge in [-0.05, 0) is 23.8 Å². The summed E-state index contributed by atoms with van der Waals surface area (Å²) in [6.45, 7) is 0. The molecule has 3 aromatic carbocycles. The molecule has 0 saturated carbocycles. The minimum atomic E-state index is -0.534. The fourth-order valence-corrected chi connectivity index (χ4v) is 4.73. The Balaban J connectivity index is 1.26. The third-order valence-electron chi connectivity index (χ3n) is 6.69. The van der Waals surface area contributed by atoms with Crippen molar-refractivity contribution in [2.24, 2.45) is 0 Å². The maximum Gasteiger partial charge on any atom is 0.204 e. The number of phenols is 4. The number of hydrogen-bond acceptors (Lipinski definition) is 10. The third-order valence-corrected chi connectivity index (χ3v) is 6.69. The summed E-state index contributed by atoms with van der Waals surface area (Å²) in [4.78, 5) is 26.1. The van der Waals surface area contributed by atoms with Crippen LogP contribution in [-0.4, -0.2) is 25.5 Å². The highest BCUT2D eigenvalue weighted by Crippen LogP contribution is 2.35. The predicted octanol–water partition coefficient (Wildman–Crippen LogP) is 5.28. The van der Waals surface area contributed by atoms with Crippen molar-refractivity contribution in [2.75, 3.05) is 0 Å². The van der Waals surface area contributed by atoms with Crippen LogP contribution in [0.15, 0.2) is 103 Å². The zero-order chi connectivity index (χ0) is 28.1. The second kappa shape index (κ2) is 9.28. The highest BCUT2D eigenvalue weighted by molar-refractivity contribution is 5.88. The Bertz CT molecular complexity index is 1990. The minimum absolute atomic E-state index is 0.0369. The van der Waals surface area contributed by atoms with E-state index in [1.54, 1.807) is 30.3 Å². The fraction of sp³-hybridized carbons (Fsp3) is 0.0667. The molecule has 0 saturated heterocycles. The summed E-state index contributed by atoms with van der Waals surface area (Å²) in [5.41, 5.74) is 0.0138. The van der Waals surface area contributed by atoms with Crippen molar-refractivity contribution < 1.29 is 39.1 Å². The Hall–Kier alpha value is -5.64. The molecule has 0 fully saturated rings. The molecule has 1 aliphatic rings. The van der Waals surface area contributed by atoms with Gasteiger partial charge >= 0.3 is 0 Å². The van der Waals surface area contributed by atoms with Crippen LogP contribution in [-0.2, 0) is 0 Å². The van der Waals surface area contributed by atoms with Crippen molar-refractivity contribution in [3.05, 3.63) is 111 Å². The minimum Gasteiger partial charge on any atom is -0.508 e. The van der Waals surface area contributed by atoms with Crippen LogP contribution < -0.4 is 15.6 Å². The number of phenolic OH excluding ortho intramolecular Hbond substituents is 4. The van der Waals surface area contributed by atoms with Gasteiger partial charge in [0.2, 0.25) is 5.43 Å². The van der Waals surface area contributed by atoms with E-state index in [0.29, 0.717) is 11.3 Å². The Kier molecular flexibility index (Phi) is 5.73. The maximum absolute atomic E-state index is 13.1. The molecule has 0 radical (unpaired) electrons. The number of ether oxygens (including phenoxy) is 1.